The minimum atomic E-state index is 0.529. The molecule has 2 saturated heterocycles. The van der Waals surface area contributed by atoms with Gasteiger partial charge < -0.3 is 14.5 Å². The Balaban J connectivity index is 1.62. The molecule has 1 aromatic carbocycles. The van der Waals surface area contributed by atoms with Crippen molar-refractivity contribution in [3.05, 3.63) is 29.3 Å². The molecule has 3 aliphatic heterocycles. The van der Waals surface area contributed by atoms with Gasteiger partial charge in [0.05, 0.1) is 7.11 Å². The van der Waals surface area contributed by atoms with Gasteiger partial charge in [-0.25, -0.2) is 0 Å². The molecule has 3 heterocycles. The molecule has 0 amide bonds. The summed E-state index contributed by atoms with van der Waals surface area (Å²) in [6, 6.07) is 7.77. The summed E-state index contributed by atoms with van der Waals surface area (Å²) in [7, 11) is 5.90. The second kappa shape index (κ2) is 6.76. The number of piperidine rings is 2. The topological polar surface area (TPSA) is 19.0 Å². The van der Waals surface area contributed by atoms with Gasteiger partial charge in [-0.1, -0.05) is 6.07 Å². The number of hydrogen-bond donors (Lipinski definition) is 0. The maximum Gasteiger partial charge on any atom is 0.171 e. The molecular weight excluding hydrogens is 330 g/mol. The number of ether oxygens (including phenoxy) is 1. The maximum absolute atomic E-state index is 5.75. The van der Waals surface area contributed by atoms with Crippen LogP contribution in [-0.4, -0.2) is 66.7 Å². The second-order valence-corrected chi connectivity index (χ2v) is 8.27. The lowest BCUT2D eigenvalue weighted by Crippen LogP contribution is -2.58. The lowest BCUT2D eigenvalue weighted by molar-refractivity contribution is 0.0145. The fraction of sp³-hybridized carbons (Fsp3) is 0.650. The third-order valence-corrected chi connectivity index (χ3v) is 6.90. The smallest absolute Gasteiger partial charge is 0.171 e. The van der Waals surface area contributed by atoms with Crippen molar-refractivity contribution in [3.63, 3.8) is 0 Å². The van der Waals surface area contributed by atoms with Crippen LogP contribution in [0.25, 0.3) is 0 Å². The van der Waals surface area contributed by atoms with Crippen molar-refractivity contribution < 1.29 is 4.74 Å². The quantitative estimate of drug-likeness (QED) is 0.716. The molecule has 0 saturated carbocycles. The van der Waals surface area contributed by atoms with Crippen molar-refractivity contribution in [3.8, 4) is 5.75 Å². The largest absolute Gasteiger partial charge is 0.497 e. The summed E-state index contributed by atoms with van der Waals surface area (Å²) in [6.07, 6.45) is 4.94. The van der Waals surface area contributed by atoms with E-state index in [1.165, 1.54) is 43.5 Å². The summed E-state index contributed by atoms with van der Waals surface area (Å²) >= 11 is 5.75. The summed E-state index contributed by atoms with van der Waals surface area (Å²) in [5, 5.41) is 1.01. The number of hydrogen-bond acceptors (Lipinski definition) is 3. The predicted molar refractivity (Wildman–Crippen MR) is 105 cm³/mol. The van der Waals surface area contributed by atoms with Crippen LogP contribution in [0.3, 0.4) is 0 Å². The lowest BCUT2D eigenvalue weighted by atomic mass is 9.76. The molecule has 5 heteroatoms. The van der Waals surface area contributed by atoms with Crippen LogP contribution < -0.4 is 4.74 Å². The molecule has 0 radical (unpaired) electrons. The number of thiocarbonyl (C=S) groups is 1. The monoisotopic (exact) mass is 359 g/mol. The standard InChI is InChI=1S/C20H29N3OS/c1-21(2)20(25)23-9-4-5-15-13-22-10-8-14-11-16(24-3)6-7-17(14)19(22)12-18(15)23/h6-7,11,15,18-19H,4-5,8-10,12-13H2,1-3H3. The van der Waals surface area contributed by atoms with Gasteiger partial charge in [0.15, 0.2) is 5.11 Å². The van der Waals surface area contributed by atoms with Crippen molar-refractivity contribution in [2.75, 3.05) is 40.8 Å². The van der Waals surface area contributed by atoms with Crippen molar-refractivity contribution >= 4 is 17.3 Å². The van der Waals surface area contributed by atoms with Crippen LogP contribution in [0.1, 0.15) is 36.4 Å². The van der Waals surface area contributed by atoms with E-state index in [-0.39, 0.29) is 0 Å². The highest BCUT2D eigenvalue weighted by Gasteiger charge is 2.43. The minimum absolute atomic E-state index is 0.529. The summed E-state index contributed by atoms with van der Waals surface area (Å²) in [6.45, 7) is 3.50. The first-order valence-corrected chi connectivity index (χ1v) is 9.88. The van der Waals surface area contributed by atoms with Gasteiger partial charge in [0.2, 0.25) is 0 Å². The highest BCUT2D eigenvalue weighted by molar-refractivity contribution is 7.80. The van der Waals surface area contributed by atoms with Gasteiger partial charge in [-0.05, 0) is 67.1 Å². The zero-order valence-electron chi connectivity index (χ0n) is 15.6. The van der Waals surface area contributed by atoms with Crippen molar-refractivity contribution in [1.82, 2.24) is 14.7 Å². The molecular formula is C20H29N3OS. The van der Waals surface area contributed by atoms with Crippen LogP contribution in [0.4, 0.5) is 0 Å². The van der Waals surface area contributed by atoms with Crippen molar-refractivity contribution in [2.45, 2.75) is 37.8 Å². The molecule has 3 unspecified atom stereocenters. The van der Waals surface area contributed by atoms with Crippen molar-refractivity contribution in [1.29, 1.82) is 0 Å². The normalized spacial score (nSPS) is 28.6. The fourth-order valence-electron chi connectivity index (χ4n) is 5.06. The fourth-order valence-corrected chi connectivity index (χ4v) is 5.28. The maximum atomic E-state index is 5.75. The average Bonchev–Trinajstić information content (AvgIpc) is 2.64. The van der Waals surface area contributed by atoms with E-state index in [1.54, 1.807) is 7.11 Å². The first-order chi connectivity index (χ1) is 12.1. The van der Waals surface area contributed by atoms with Crippen LogP contribution in [0, 0.1) is 5.92 Å². The first-order valence-electron chi connectivity index (χ1n) is 9.47. The Kier molecular flexibility index (Phi) is 4.63. The highest BCUT2D eigenvalue weighted by atomic mass is 32.1. The molecule has 0 N–H and O–H groups in total. The summed E-state index contributed by atoms with van der Waals surface area (Å²) < 4.78 is 5.43. The molecule has 25 heavy (non-hydrogen) atoms. The second-order valence-electron chi connectivity index (χ2n) is 7.90. The molecule has 0 spiro atoms. The third kappa shape index (κ3) is 3.02. The average molecular weight is 360 g/mol. The summed E-state index contributed by atoms with van der Waals surface area (Å²) in [5.41, 5.74) is 2.98. The number of methoxy groups -OCH3 is 1. The molecule has 1 aromatic rings. The Morgan fingerprint density at radius 3 is 2.88 bits per heavy atom. The molecule has 3 atom stereocenters. The number of likely N-dealkylation sites (tertiary alicyclic amines) is 1. The summed E-state index contributed by atoms with van der Waals surface area (Å²) in [5.74, 6) is 1.73. The van der Waals surface area contributed by atoms with Gasteiger partial charge in [0.1, 0.15) is 5.75 Å². The Hall–Kier alpha value is -1.33. The Labute approximate surface area is 156 Å². The SMILES string of the molecule is COc1ccc2c(c1)CCN1CC3CCCN(C(=S)N(C)C)C3CC21. The highest BCUT2D eigenvalue weighted by Crippen LogP contribution is 2.43. The van der Waals surface area contributed by atoms with E-state index >= 15 is 0 Å². The van der Waals surface area contributed by atoms with Gasteiger partial charge in [0, 0.05) is 45.8 Å². The van der Waals surface area contributed by atoms with E-state index in [2.05, 4.69) is 47.0 Å². The van der Waals surface area contributed by atoms with E-state index in [4.69, 9.17) is 17.0 Å². The molecule has 0 bridgehead atoms. The first kappa shape index (κ1) is 17.1. The van der Waals surface area contributed by atoms with E-state index in [0.717, 1.165) is 29.7 Å². The van der Waals surface area contributed by atoms with Gasteiger partial charge in [-0.15, -0.1) is 0 Å². The molecule has 4 rings (SSSR count). The minimum Gasteiger partial charge on any atom is -0.497 e. The van der Waals surface area contributed by atoms with Crippen LogP contribution in [0.15, 0.2) is 18.2 Å². The number of benzene rings is 1. The van der Waals surface area contributed by atoms with E-state index in [1.807, 2.05) is 0 Å². The molecule has 0 aliphatic carbocycles. The lowest BCUT2D eigenvalue weighted by Gasteiger charge is -2.53. The predicted octanol–water partition coefficient (Wildman–Crippen LogP) is 2.93. The van der Waals surface area contributed by atoms with Crippen LogP contribution in [0.5, 0.6) is 5.75 Å². The van der Waals surface area contributed by atoms with Crippen molar-refractivity contribution in [2.24, 2.45) is 5.92 Å². The number of fused-ring (bicyclic) bond motifs is 4. The molecule has 4 nitrogen and oxygen atoms in total. The molecule has 136 valence electrons. The van der Waals surface area contributed by atoms with Gasteiger partial charge in [0.25, 0.3) is 0 Å². The van der Waals surface area contributed by atoms with Crippen LogP contribution >= 0.6 is 12.2 Å². The molecule has 2 fully saturated rings. The Morgan fingerprint density at radius 1 is 1.28 bits per heavy atom. The van der Waals surface area contributed by atoms with Crippen LogP contribution in [0.2, 0.25) is 0 Å². The van der Waals surface area contributed by atoms with Gasteiger partial charge >= 0.3 is 0 Å². The van der Waals surface area contributed by atoms with E-state index in [9.17, 15) is 0 Å². The van der Waals surface area contributed by atoms with E-state index < -0.39 is 0 Å². The molecule has 3 aliphatic rings. The van der Waals surface area contributed by atoms with Gasteiger partial charge in [-0.2, -0.15) is 0 Å². The zero-order chi connectivity index (χ0) is 17.6. The third-order valence-electron chi connectivity index (χ3n) is 6.30. The zero-order valence-corrected chi connectivity index (χ0v) is 16.4. The van der Waals surface area contributed by atoms with E-state index in [0.29, 0.717) is 12.1 Å². The number of nitrogens with zero attached hydrogens (tertiary/aromatic N) is 3. The molecule has 0 aromatic heterocycles. The number of rotatable bonds is 1. The van der Waals surface area contributed by atoms with Crippen LogP contribution in [-0.2, 0) is 6.42 Å². The summed E-state index contributed by atoms with van der Waals surface area (Å²) in [4.78, 5) is 7.33. The Morgan fingerprint density at radius 2 is 2.12 bits per heavy atom. The Bertz CT molecular complexity index is 662. The van der Waals surface area contributed by atoms with Gasteiger partial charge in [-0.3, -0.25) is 4.90 Å².